The van der Waals surface area contributed by atoms with E-state index < -0.39 is 0 Å². The van der Waals surface area contributed by atoms with Crippen LogP contribution in [0, 0.1) is 0 Å². The Balaban J connectivity index is 1.73. The second kappa shape index (κ2) is 8.20. The number of halogens is 1. The molecule has 2 aromatic rings. The van der Waals surface area contributed by atoms with Crippen molar-refractivity contribution in [1.29, 1.82) is 0 Å². The standard InChI is InChI=1S/C20H24ClNO2/c1-20(2,3)15-10-12-16(13-11-15)24-14-6-9-19(23)22-18-8-5-4-7-17(18)21/h4-5,7-8,10-13H,6,9,14H2,1-3H3,(H,22,23). The van der Waals surface area contributed by atoms with Crippen molar-refractivity contribution >= 4 is 23.2 Å². The summed E-state index contributed by atoms with van der Waals surface area (Å²) < 4.78 is 5.69. The highest BCUT2D eigenvalue weighted by Crippen LogP contribution is 2.24. The molecule has 0 aliphatic carbocycles. The highest BCUT2D eigenvalue weighted by atomic mass is 35.5. The summed E-state index contributed by atoms with van der Waals surface area (Å²) >= 11 is 6.01. The van der Waals surface area contributed by atoms with Crippen molar-refractivity contribution in [2.24, 2.45) is 0 Å². The minimum atomic E-state index is -0.0604. The molecule has 0 unspecified atom stereocenters. The van der Waals surface area contributed by atoms with Gasteiger partial charge in [0.15, 0.2) is 0 Å². The maximum absolute atomic E-state index is 11.9. The van der Waals surface area contributed by atoms with Gasteiger partial charge in [0.05, 0.1) is 17.3 Å². The van der Waals surface area contributed by atoms with E-state index in [9.17, 15) is 4.79 Å². The second-order valence-electron chi connectivity index (χ2n) is 6.75. The molecular weight excluding hydrogens is 322 g/mol. The Morgan fingerprint density at radius 2 is 1.75 bits per heavy atom. The summed E-state index contributed by atoms with van der Waals surface area (Å²) in [6.07, 6.45) is 1.04. The van der Waals surface area contributed by atoms with Crippen LogP contribution >= 0.6 is 11.6 Å². The van der Waals surface area contributed by atoms with E-state index in [0.29, 0.717) is 30.2 Å². The Bertz CT molecular complexity index is 675. The van der Waals surface area contributed by atoms with Crippen molar-refractivity contribution in [2.45, 2.75) is 39.0 Å². The average molecular weight is 346 g/mol. The fraction of sp³-hybridized carbons (Fsp3) is 0.350. The molecule has 0 bridgehead atoms. The molecule has 1 N–H and O–H groups in total. The lowest BCUT2D eigenvalue weighted by Gasteiger charge is -2.19. The highest BCUT2D eigenvalue weighted by Gasteiger charge is 2.13. The van der Waals surface area contributed by atoms with Crippen LogP contribution in [0.5, 0.6) is 5.75 Å². The molecule has 0 saturated heterocycles. The van der Waals surface area contributed by atoms with Crippen LogP contribution in [-0.4, -0.2) is 12.5 Å². The first kappa shape index (κ1) is 18.3. The normalized spacial score (nSPS) is 11.2. The first-order chi connectivity index (χ1) is 11.4. The van der Waals surface area contributed by atoms with Gasteiger partial charge in [-0.25, -0.2) is 0 Å². The number of amides is 1. The van der Waals surface area contributed by atoms with E-state index in [0.717, 1.165) is 5.75 Å². The van der Waals surface area contributed by atoms with Crippen LogP contribution in [0.1, 0.15) is 39.2 Å². The molecule has 3 nitrogen and oxygen atoms in total. The predicted molar refractivity (Wildman–Crippen MR) is 100.0 cm³/mol. The van der Waals surface area contributed by atoms with E-state index in [1.807, 2.05) is 24.3 Å². The van der Waals surface area contributed by atoms with E-state index >= 15 is 0 Å². The molecule has 0 spiro atoms. The Morgan fingerprint density at radius 3 is 2.38 bits per heavy atom. The van der Waals surface area contributed by atoms with E-state index in [1.165, 1.54) is 5.56 Å². The zero-order valence-electron chi connectivity index (χ0n) is 14.4. The van der Waals surface area contributed by atoms with Crippen molar-refractivity contribution in [3.05, 3.63) is 59.1 Å². The number of benzene rings is 2. The minimum Gasteiger partial charge on any atom is -0.494 e. The number of hydrogen-bond acceptors (Lipinski definition) is 2. The van der Waals surface area contributed by atoms with Gasteiger partial charge in [0, 0.05) is 6.42 Å². The van der Waals surface area contributed by atoms with E-state index in [-0.39, 0.29) is 11.3 Å². The largest absolute Gasteiger partial charge is 0.494 e. The zero-order chi connectivity index (χ0) is 17.6. The molecule has 0 atom stereocenters. The molecule has 4 heteroatoms. The first-order valence-corrected chi connectivity index (χ1v) is 8.52. The third-order valence-electron chi connectivity index (χ3n) is 3.69. The number of carbonyl (C=O) groups is 1. The Kier molecular flexibility index (Phi) is 6.27. The number of anilines is 1. The van der Waals surface area contributed by atoms with Crippen LogP contribution in [0.4, 0.5) is 5.69 Å². The number of ether oxygens (including phenoxy) is 1. The van der Waals surface area contributed by atoms with Crippen molar-refractivity contribution in [2.75, 3.05) is 11.9 Å². The smallest absolute Gasteiger partial charge is 0.224 e. The van der Waals surface area contributed by atoms with Gasteiger partial charge in [-0.2, -0.15) is 0 Å². The van der Waals surface area contributed by atoms with Gasteiger partial charge in [0.2, 0.25) is 5.91 Å². The lowest BCUT2D eigenvalue weighted by atomic mass is 9.87. The van der Waals surface area contributed by atoms with Crippen molar-refractivity contribution in [3.63, 3.8) is 0 Å². The maximum Gasteiger partial charge on any atom is 0.224 e. The number of para-hydroxylation sites is 1. The van der Waals surface area contributed by atoms with Gasteiger partial charge >= 0.3 is 0 Å². The maximum atomic E-state index is 11.9. The minimum absolute atomic E-state index is 0.0604. The molecule has 0 aliphatic rings. The van der Waals surface area contributed by atoms with Gasteiger partial charge in [-0.15, -0.1) is 0 Å². The van der Waals surface area contributed by atoms with Gasteiger partial charge in [-0.05, 0) is 41.7 Å². The fourth-order valence-electron chi connectivity index (χ4n) is 2.25. The molecule has 0 heterocycles. The van der Waals surface area contributed by atoms with E-state index in [1.54, 1.807) is 12.1 Å². The van der Waals surface area contributed by atoms with Crippen molar-refractivity contribution in [3.8, 4) is 5.75 Å². The zero-order valence-corrected chi connectivity index (χ0v) is 15.2. The Labute approximate surface area is 149 Å². The molecule has 0 saturated carbocycles. The topological polar surface area (TPSA) is 38.3 Å². The van der Waals surface area contributed by atoms with Crippen LogP contribution in [-0.2, 0) is 10.2 Å². The van der Waals surface area contributed by atoms with Crippen LogP contribution < -0.4 is 10.1 Å². The molecule has 0 fully saturated rings. The Morgan fingerprint density at radius 1 is 1.08 bits per heavy atom. The summed E-state index contributed by atoms with van der Waals surface area (Å²) in [5.74, 6) is 0.768. The predicted octanol–water partition coefficient (Wildman–Crippen LogP) is 5.44. The summed E-state index contributed by atoms with van der Waals surface area (Å²) in [4.78, 5) is 11.9. The van der Waals surface area contributed by atoms with Crippen LogP contribution in [0.3, 0.4) is 0 Å². The molecule has 128 valence electrons. The summed E-state index contributed by atoms with van der Waals surface area (Å²) in [6, 6.07) is 15.3. The third-order valence-corrected chi connectivity index (χ3v) is 4.01. The van der Waals surface area contributed by atoms with Crippen LogP contribution in [0.25, 0.3) is 0 Å². The van der Waals surface area contributed by atoms with E-state index in [4.69, 9.17) is 16.3 Å². The van der Waals surface area contributed by atoms with Crippen LogP contribution in [0.15, 0.2) is 48.5 Å². The molecule has 0 aliphatic heterocycles. The molecule has 2 rings (SSSR count). The number of carbonyl (C=O) groups excluding carboxylic acids is 1. The number of rotatable bonds is 6. The number of nitrogens with one attached hydrogen (secondary N) is 1. The second-order valence-corrected chi connectivity index (χ2v) is 7.16. The highest BCUT2D eigenvalue weighted by molar-refractivity contribution is 6.33. The Hall–Kier alpha value is -2.00. The van der Waals surface area contributed by atoms with Crippen molar-refractivity contribution in [1.82, 2.24) is 0 Å². The van der Waals surface area contributed by atoms with Gasteiger partial charge < -0.3 is 10.1 Å². The van der Waals surface area contributed by atoms with Gasteiger partial charge in [-0.3, -0.25) is 4.79 Å². The quantitative estimate of drug-likeness (QED) is 0.708. The molecule has 2 aromatic carbocycles. The lowest BCUT2D eigenvalue weighted by molar-refractivity contribution is -0.116. The lowest BCUT2D eigenvalue weighted by Crippen LogP contribution is -2.13. The van der Waals surface area contributed by atoms with Crippen molar-refractivity contribution < 1.29 is 9.53 Å². The molecule has 0 aromatic heterocycles. The third kappa shape index (κ3) is 5.57. The fourth-order valence-corrected chi connectivity index (χ4v) is 2.43. The van der Waals surface area contributed by atoms with Gasteiger partial charge in [-0.1, -0.05) is 56.6 Å². The summed E-state index contributed by atoms with van der Waals surface area (Å²) in [6.45, 7) is 7.05. The summed E-state index contributed by atoms with van der Waals surface area (Å²) in [7, 11) is 0. The summed E-state index contributed by atoms with van der Waals surface area (Å²) in [5, 5.41) is 3.35. The van der Waals surface area contributed by atoms with Crippen LogP contribution in [0.2, 0.25) is 5.02 Å². The molecule has 24 heavy (non-hydrogen) atoms. The molecular formula is C20H24ClNO2. The van der Waals surface area contributed by atoms with Gasteiger partial charge in [0.1, 0.15) is 5.75 Å². The SMILES string of the molecule is CC(C)(C)c1ccc(OCCCC(=O)Nc2ccccc2Cl)cc1. The molecule has 0 radical (unpaired) electrons. The first-order valence-electron chi connectivity index (χ1n) is 8.14. The summed E-state index contributed by atoms with van der Waals surface area (Å²) in [5.41, 5.74) is 2.05. The average Bonchev–Trinajstić information content (AvgIpc) is 2.53. The van der Waals surface area contributed by atoms with Gasteiger partial charge in [0.25, 0.3) is 0 Å². The van der Waals surface area contributed by atoms with E-state index in [2.05, 4.69) is 38.2 Å². The number of hydrogen-bond donors (Lipinski definition) is 1. The molecule has 1 amide bonds. The monoisotopic (exact) mass is 345 g/mol.